The van der Waals surface area contributed by atoms with Gasteiger partial charge in [-0.25, -0.2) is 9.97 Å². The van der Waals surface area contributed by atoms with Crippen LogP contribution < -0.4 is 4.74 Å². The number of ether oxygens (including phenoxy) is 1. The van der Waals surface area contributed by atoms with Crippen LogP contribution in [-0.4, -0.2) is 16.6 Å². The third-order valence-electron chi connectivity index (χ3n) is 4.90. The molecule has 0 unspecified atom stereocenters. The van der Waals surface area contributed by atoms with Crippen LogP contribution in [0, 0.1) is 17.2 Å². The van der Waals surface area contributed by atoms with Gasteiger partial charge in [-0.05, 0) is 49.8 Å². The zero-order chi connectivity index (χ0) is 17.5. The first-order valence-corrected chi connectivity index (χ1v) is 9.25. The van der Waals surface area contributed by atoms with Crippen molar-refractivity contribution in [1.82, 2.24) is 9.97 Å². The maximum absolute atomic E-state index is 9.00. The first kappa shape index (κ1) is 17.4. The van der Waals surface area contributed by atoms with Crippen LogP contribution in [0.25, 0.3) is 11.1 Å². The van der Waals surface area contributed by atoms with Crippen molar-refractivity contribution in [3.63, 3.8) is 0 Å². The van der Waals surface area contributed by atoms with E-state index in [0.717, 1.165) is 67.8 Å². The molecule has 1 aromatic heterocycles. The molecule has 1 fully saturated rings. The molecule has 0 saturated heterocycles. The molecule has 1 saturated carbocycles. The van der Waals surface area contributed by atoms with Crippen molar-refractivity contribution in [2.75, 3.05) is 6.61 Å². The molecule has 0 spiro atoms. The number of benzene rings is 1. The summed E-state index contributed by atoms with van der Waals surface area (Å²) in [5, 5.41) is 9.00. The lowest BCUT2D eigenvalue weighted by molar-refractivity contribution is 0.309. The average molecular weight is 335 g/mol. The molecular weight excluding hydrogens is 310 g/mol. The van der Waals surface area contributed by atoms with Crippen LogP contribution >= 0.6 is 0 Å². The molecule has 0 aliphatic heterocycles. The minimum atomic E-state index is 0.216. The van der Waals surface area contributed by atoms with E-state index >= 15 is 0 Å². The molecule has 3 rings (SSSR count). The Morgan fingerprint density at radius 1 is 1.04 bits per heavy atom. The summed E-state index contributed by atoms with van der Waals surface area (Å²) in [5.41, 5.74) is 2.12. The Morgan fingerprint density at radius 2 is 1.72 bits per heavy atom. The minimum Gasteiger partial charge on any atom is -0.494 e. The van der Waals surface area contributed by atoms with Gasteiger partial charge in [-0.3, -0.25) is 0 Å². The Labute approximate surface area is 149 Å². The fourth-order valence-corrected chi connectivity index (χ4v) is 3.26. The maximum Gasteiger partial charge on any atom is 0.131 e. The van der Waals surface area contributed by atoms with Gasteiger partial charge in [0.2, 0.25) is 0 Å². The van der Waals surface area contributed by atoms with Crippen LogP contribution in [0.4, 0.5) is 0 Å². The molecule has 0 bridgehead atoms. The highest BCUT2D eigenvalue weighted by molar-refractivity contribution is 5.62. The highest BCUT2D eigenvalue weighted by Gasteiger charge is 2.23. The SMILES string of the molecule is CCCCOc1ccc(-c2cnc(C3CCC(C#N)CC3)nc2)cc1. The van der Waals surface area contributed by atoms with E-state index in [1.54, 1.807) is 0 Å². The summed E-state index contributed by atoms with van der Waals surface area (Å²) in [6.07, 6.45) is 9.99. The van der Waals surface area contributed by atoms with Gasteiger partial charge < -0.3 is 4.74 Å². The Hall–Kier alpha value is -2.41. The second kappa shape index (κ2) is 8.62. The van der Waals surface area contributed by atoms with Gasteiger partial charge in [0.1, 0.15) is 11.6 Å². The lowest BCUT2D eigenvalue weighted by Gasteiger charge is -2.23. The minimum absolute atomic E-state index is 0.216. The molecule has 25 heavy (non-hydrogen) atoms. The molecule has 4 nitrogen and oxygen atoms in total. The summed E-state index contributed by atoms with van der Waals surface area (Å²) in [6, 6.07) is 10.5. The van der Waals surface area contributed by atoms with Gasteiger partial charge in [0.25, 0.3) is 0 Å². The summed E-state index contributed by atoms with van der Waals surface area (Å²) in [4.78, 5) is 9.17. The van der Waals surface area contributed by atoms with E-state index in [0.29, 0.717) is 5.92 Å². The van der Waals surface area contributed by atoms with E-state index in [4.69, 9.17) is 10.00 Å². The van der Waals surface area contributed by atoms with Crippen LogP contribution in [0.15, 0.2) is 36.7 Å². The predicted molar refractivity (Wildman–Crippen MR) is 98.2 cm³/mol. The highest BCUT2D eigenvalue weighted by atomic mass is 16.5. The molecule has 1 aliphatic carbocycles. The van der Waals surface area contributed by atoms with Gasteiger partial charge in [0.05, 0.1) is 12.7 Å². The molecule has 1 aliphatic rings. The van der Waals surface area contributed by atoms with E-state index in [1.807, 2.05) is 24.5 Å². The Kier molecular flexibility index (Phi) is 6.00. The molecule has 0 N–H and O–H groups in total. The van der Waals surface area contributed by atoms with Crippen LogP contribution in [0.1, 0.15) is 57.2 Å². The number of hydrogen-bond donors (Lipinski definition) is 0. The second-order valence-corrected chi connectivity index (χ2v) is 6.73. The molecule has 4 heteroatoms. The van der Waals surface area contributed by atoms with Crippen molar-refractivity contribution < 1.29 is 4.74 Å². The smallest absolute Gasteiger partial charge is 0.131 e. The van der Waals surface area contributed by atoms with Crippen LogP contribution in [0.5, 0.6) is 5.75 Å². The molecule has 0 atom stereocenters. The van der Waals surface area contributed by atoms with Crippen molar-refractivity contribution in [3.05, 3.63) is 42.5 Å². The zero-order valence-electron chi connectivity index (χ0n) is 14.8. The molecule has 1 heterocycles. The number of aromatic nitrogens is 2. The van der Waals surface area contributed by atoms with Crippen molar-refractivity contribution in [1.29, 1.82) is 5.26 Å². The number of unbranched alkanes of at least 4 members (excludes halogenated alkanes) is 1. The quantitative estimate of drug-likeness (QED) is 0.687. The second-order valence-electron chi connectivity index (χ2n) is 6.73. The number of hydrogen-bond acceptors (Lipinski definition) is 4. The van der Waals surface area contributed by atoms with E-state index in [-0.39, 0.29) is 5.92 Å². The standard InChI is InChI=1S/C21H25N3O/c1-2-3-12-25-20-10-8-17(9-11-20)19-14-23-21(24-15-19)18-6-4-16(13-22)5-7-18/h8-11,14-16,18H,2-7,12H2,1H3. The van der Waals surface area contributed by atoms with Crippen molar-refractivity contribution in [2.24, 2.45) is 5.92 Å². The summed E-state index contributed by atoms with van der Waals surface area (Å²) in [6.45, 7) is 2.92. The van der Waals surface area contributed by atoms with Crippen LogP contribution in [-0.2, 0) is 0 Å². The van der Waals surface area contributed by atoms with E-state index < -0.39 is 0 Å². The number of nitriles is 1. The summed E-state index contributed by atoms with van der Waals surface area (Å²) in [7, 11) is 0. The predicted octanol–water partition coefficient (Wildman–Crippen LogP) is 5.12. The van der Waals surface area contributed by atoms with Gasteiger partial charge in [-0.1, -0.05) is 25.5 Å². The van der Waals surface area contributed by atoms with Crippen LogP contribution in [0.3, 0.4) is 0 Å². The number of rotatable bonds is 6. The van der Waals surface area contributed by atoms with Gasteiger partial charge in [0.15, 0.2) is 0 Å². The lowest BCUT2D eigenvalue weighted by Crippen LogP contribution is -2.14. The van der Waals surface area contributed by atoms with Gasteiger partial charge >= 0.3 is 0 Å². The normalized spacial score (nSPS) is 20.0. The first-order chi connectivity index (χ1) is 12.3. The first-order valence-electron chi connectivity index (χ1n) is 9.25. The van der Waals surface area contributed by atoms with Gasteiger partial charge in [-0.2, -0.15) is 5.26 Å². The summed E-state index contributed by atoms with van der Waals surface area (Å²) >= 11 is 0. The molecular formula is C21H25N3O. The summed E-state index contributed by atoms with van der Waals surface area (Å²) in [5.74, 6) is 2.44. The fourth-order valence-electron chi connectivity index (χ4n) is 3.26. The lowest BCUT2D eigenvalue weighted by atomic mass is 9.82. The molecule has 1 aromatic carbocycles. The van der Waals surface area contributed by atoms with Crippen molar-refractivity contribution in [3.8, 4) is 22.9 Å². The molecule has 2 aromatic rings. The molecule has 0 amide bonds. The van der Waals surface area contributed by atoms with E-state index in [1.165, 1.54) is 0 Å². The average Bonchev–Trinajstić information content (AvgIpc) is 2.69. The van der Waals surface area contributed by atoms with Crippen LogP contribution in [0.2, 0.25) is 0 Å². The monoisotopic (exact) mass is 335 g/mol. The molecule has 130 valence electrons. The third kappa shape index (κ3) is 4.57. The van der Waals surface area contributed by atoms with Gasteiger partial charge in [-0.15, -0.1) is 0 Å². The van der Waals surface area contributed by atoms with Gasteiger partial charge in [0, 0.05) is 29.8 Å². The zero-order valence-corrected chi connectivity index (χ0v) is 14.8. The largest absolute Gasteiger partial charge is 0.494 e. The third-order valence-corrected chi connectivity index (χ3v) is 4.90. The Morgan fingerprint density at radius 3 is 2.32 bits per heavy atom. The Balaban J connectivity index is 1.61. The summed E-state index contributed by atoms with van der Waals surface area (Å²) < 4.78 is 5.70. The topological polar surface area (TPSA) is 58.8 Å². The maximum atomic E-state index is 9.00. The Bertz CT molecular complexity index is 695. The number of nitrogens with zero attached hydrogens (tertiary/aromatic N) is 3. The van der Waals surface area contributed by atoms with Crippen molar-refractivity contribution in [2.45, 2.75) is 51.4 Å². The van der Waals surface area contributed by atoms with E-state index in [2.05, 4.69) is 35.1 Å². The fraction of sp³-hybridized carbons (Fsp3) is 0.476. The van der Waals surface area contributed by atoms with Crippen molar-refractivity contribution >= 4 is 0 Å². The van der Waals surface area contributed by atoms with E-state index in [9.17, 15) is 0 Å². The highest BCUT2D eigenvalue weighted by Crippen LogP contribution is 2.34. The molecule has 0 radical (unpaired) electrons.